The van der Waals surface area contributed by atoms with Crippen molar-refractivity contribution in [2.24, 2.45) is 0 Å². The zero-order chi connectivity index (χ0) is 13.9. The number of halogens is 1. The average Bonchev–Trinajstić information content (AvgIpc) is 2.34. The van der Waals surface area contributed by atoms with E-state index >= 15 is 0 Å². The molecule has 2 aromatic rings. The van der Waals surface area contributed by atoms with E-state index < -0.39 is 10.0 Å². The van der Waals surface area contributed by atoms with Gasteiger partial charge in [-0.3, -0.25) is 4.72 Å². The second-order valence-electron chi connectivity index (χ2n) is 4.01. The molecule has 0 unspecified atom stereocenters. The minimum Gasteiger partial charge on any atom is -0.506 e. The smallest absolute Gasteiger partial charge is 0.237 e. The van der Waals surface area contributed by atoms with Crippen molar-refractivity contribution >= 4 is 27.3 Å². The van der Waals surface area contributed by atoms with Crippen LogP contribution >= 0.6 is 11.6 Å². The van der Waals surface area contributed by atoms with Crippen LogP contribution in [0.1, 0.15) is 5.56 Å². The lowest BCUT2D eigenvalue weighted by atomic mass is 10.2. The van der Waals surface area contributed by atoms with E-state index in [-0.39, 0.29) is 17.2 Å². The summed E-state index contributed by atoms with van der Waals surface area (Å²) in [5, 5.41) is 9.92. The normalized spacial score (nSPS) is 11.2. The van der Waals surface area contributed by atoms with Gasteiger partial charge in [0.05, 0.1) is 11.4 Å². The van der Waals surface area contributed by atoms with Crippen molar-refractivity contribution in [3.05, 3.63) is 59.1 Å². The van der Waals surface area contributed by atoms with Gasteiger partial charge >= 0.3 is 0 Å². The molecule has 2 aromatic carbocycles. The van der Waals surface area contributed by atoms with Crippen LogP contribution in [0, 0.1) is 0 Å². The van der Waals surface area contributed by atoms with Gasteiger partial charge in [0.25, 0.3) is 0 Å². The second-order valence-corrected chi connectivity index (χ2v) is 6.17. The summed E-state index contributed by atoms with van der Waals surface area (Å²) < 4.78 is 26.2. The Hall–Kier alpha value is -1.72. The monoisotopic (exact) mass is 297 g/mol. The molecule has 0 aliphatic heterocycles. The Morgan fingerprint density at radius 2 is 1.79 bits per heavy atom. The number of sulfonamides is 1. The zero-order valence-corrected chi connectivity index (χ0v) is 11.4. The summed E-state index contributed by atoms with van der Waals surface area (Å²) in [5.41, 5.74) is 0.736. The Labute approximate surface area is 116 Å². The second kappa shape index (κ2) is 5.50. The molecule has 100 valence electrons. The van der Waals surface area contributed by atoms with Crippen molar-refractivity contribution in [3.63, 3.8) is 0 Å². The predicted octanol–water partition coefficient (Wildman–Crippen LogP) is 2.99. The summed E-state index contributed by atoms with van der Waals surface area (Å²) in [6.07, 6.45) is 0. The van der Waals surface area contributed by atoms with Crippen molar-refractivity contribution in [3.8, 4) is 5.75 Å². The number of anilines is 1. The quantitative estimate of drug-likeness (QED) is 0.853. The largest absolute Gasteiger partial charge is 0.506 e. The SMILES string of the molecule is O=S(=O)(Cc1ccccc1)Nc1cc(Cl)ccc1O. The van der Waals surface area contributed by atoms with E-state index in [4.69, 9.17) is 11.6 Å². The molecule has 0 radical (unpaired) electrons. The lowest BCUT2D eigenvalue weighted by Gasteiger charge is -2.10. The van der Waals surface area contributed by atoms with Crippen LogP contribution in [0.4, 0.5) is 5.69 Å². The Morgan fingerprint density at radius 3 is 2.47 bits per heavy atom. The summed E-state index contributed by atoms with van der Waals surface area (Å²) in [6, 6.07) is 13.0. The van der Waals surface area contributed by atoms with Crippen molar-refractivity contribution < 1.29 is 13.5 Å². The third-order valence-electron chi connectivity index (χ3n) is 2.42. The molecule has 0 fully saturated rings. The number of phenolic OH excluding ortho intramolecular Hbond substituents is 1. The molecule has 0 bridgehead atoms. The molecular formula is C13H12ClNO3S. The molecule has 0 heterocycles. The topological polar surface area (TPSA) is 66.4 Å². The maximum atomic E-state index is 12.0. The van der Waals surface area contributed by atoms with Gasteiger partial charge in [0.1, 0.15) is 5.75 Å². The molecule has 4 nitrogen and oxygen atoms in total. The van der Waals surface area contributed by atoms with Gasteiger partial charge in [0.15, 0.2) is 0 Å². The maximum absolute atomic E-state index is 12.0. The fourth-order valence-corrected chi connectivity index (χ4v) is 2.96. The molecule has 6 heteroatoms. The third-order valence-corrected chi connectivity index (χ3v) is 3.90. The number of hydrogen-bond donors (Lipinski definition) is 2. The van der Waals surface area contributed by atoms with E-state index in [9.17, 15) is 13.5 Å². The van der Waals surface area contributed by atoms with Crippen LogP contribution in [0.5, 0.6) is 5.75 Å². The highest BCUT2D eigenvalue weighted by molar-refractivity contribution is 7.91. The summed E-state index contributed by atoms with van der Waals surface area (Å²) in [5.74, 6) is -0.333. The van der Waals surface area contributed by atoms with Gasteiger partial charge in [-0.05, 0) is 23.8 Å². The van der Waals surface area contributed by atoms with Crippen molar-refractivity contribution in [2.45, 2.75) is 5.75 Å². The molecule has 0 amide bonds. The average molecular weight is 298 g/mol. The summed E-state index contributed by atoms with van der Waals surface area (Å²) in [4.78, 5) is 0. The standard InChI is InChI=1S/C13H12ClNO3S/c14-11-6-7-13(16)12(8-11)15-19(17,18)9-10-4-2-1-3-5-10/h1-8,15-16H,9H2. The number of benzene rings is 2. The van der Waals surface area contributed by atoms with Crippen LogP contribution in [0.3, 0.4) is 0 Å². The number of rotatable bonds is 4. The lowest BCUT2D eigenvalue weighted by molar-refractivity contribution is 0.477. The van der Waals surface area contributed by atoms with Crippen LogP contribution in [0.2, 0.25) is 5.02 Å². The maximum Gasteiger partial charge on any atom is 0.237 e. The first-order valence-electron chi connectivity index (χ1n) is 5.49. The summed E-state index contributed by atoms with van der Waals surface area (Å²) in [6.45, 7) is 0. The first-order chi connectivity index (χ1) is 8.96. The van der Waals surface area contributed by atoms with E-state index in [1.54, 1.807) is 24.3 Å². The highest BCUT2D eigenvalue weighted by Gasteiger charge is 2.14. The zero-order valence-electron chi connectivity index (χ0n) is 9.88. The first kappa shape index (κ1) is 13.7. The minimum atomic E-state index is -3.60. The van der Waals surface area contributed by atoms with Gasteiger partial charge in [0, 0.05) is 5.02 Å². The van der Waals surface area contributed by atoms with Crippen LogP contribution in [0.25, 0.3) is 0 Å². The van der Waals surface area contributed by atoms with Crippen molar-refractivity contribution in [1.82, 2.24) is 0 Å². The predicted molar refractivity (Wildman–Crippen MR) is 75.8 cm³/mol. The Morgan fingerprint density at radius 1 is 1.11 bits per heavy atom. The lowest BCUT2D eigenvalue weighted by Crippen LogP contribution is -2.15. The number of hydrogen-bond acceptors (Lipinski definition) is 3. The summed E-state index contributed by atoms with van der Waals surface area (Å²) in [7, 11) is -3.60. The number of aromatic hydroxyl groups is 1. The molecule has 0 aromatic heterocycles. The van der Waals surface area contributed by atoms with Crippen LogP contribution in [0.15, 0.2) is 48.5 Å². The van der Waals surface area contributed by atoms with Gasteiger partial charge < -0.3 is 5.11 Å². The fourth-order valence-electron chi connectivity index (χ4n) is 1.59. The molecule has 0 aliphatic rings. The van der Waals surface area contributed by atoms with Crippen LogP contribution in [-0.2, 0) is 15.8 Å². The Kier molecular flexibility index (Phi) is 3.97. The molecule has 0 spiro atoms. The van der Waals surface area contributed by atoms with Gasteiger partial charge in [-0.2, -0.15) is 0 Å². The summed E-state index contributed by atoms with van der Waals surface area (Å²) >= 11 is 5.76. The van der Waals surface area contributed by atoms with E-state index in [1.165, 1.54) is 18.2 Å². The third kappa shape index (κ3) is 3.87. The molecule has 0 saturated carbocycles. The van der Waals surface area contributed by atoms with E-state index in [2.05, 4.69) is 4.72 Å². The first-order valence-corrected chi connectivity index (χ1v) is 7.52. The van der Waals surface area contributed by atoms with Gasteiger partial charge in [-0.15, -0.1) is 0 Å². The fraction of sp³-hybridized carbons (Fsp3) is 0.0769. The van der Waals surface area contributed by atoms with Gasteiger partial charge in [0.2, 0.25) is 10.0 Å². The molecule has 0 saturated heterocycles. The molecular weight excluding hydrogens is 286 g/mol. The molecule has 2 N–H and O–H groups in total. The Bertz CT molecular complexity index is 672. The number of phenols is 1. The van der Waals surface area contributed by atoms with Gasteiger partial charge in [-0.1, -0.05) is 41.9 Å². The molecule has 0 atom stereocenters. The van der Waals surface area contributed by atoms with Gasteiger partial charge in [-0.25, -0.2) is 8.42 Å². The van der Waals surface area contributed by atoms with E-state index in [0.717, 1.165) is 0 Å². The van der Waals surface area contributed by atoms with Crippen LogP contribution < -0.4 is 4.72 Å². The van der Waals surface area contributed by atoms with E-state index in [0.29, 0.717) is 10.6 Å². The molecule has 19 heavy (non-hydrogen) atoms. The minimum absolute atomic E-state index is 0.0726. The highest BCUT2D eigenvalue weighted by Crippen LogP contribution is 2.27. The van der Waals surface area contributed by atoms with E-state index in [1.807, 2.05) is 6.07 Å². The molecule has 0 aliphatic carbocycles. The Balaban J connectivity index is 2.20. The van der Waals surface area contributed by atoms with Crippen molar-refractivity contribution in [2.75, 3.05) is 4.72 Å². The highest BCUT2D eigenvalue weighted by atomic mass is 35.5. The molecule has 2 rings (SSSR count). The number of nitrogens with one attached hydrogen (secondary N) is 1. The van der Waals surface area contributed by atoms with Crippen LogP contribution in [-0.4, -0.2) is 13.5 Å². The van der Waals surface area contributed by atoms with Crippen molar-refractivity contribution in [1.29, 1.82) is 0 Å².